The van der Waals surface area contributed by atoms with Crippen LogP contribution in [0.4, 0.5) is 5.69 Å². The van der Waals surface area contributed by atoms with Crippen LogP contribution in [0.3, 0.4) is 0 Å². The summed E-state index contributed by atoms with van der Waals surface area (Å²) in [6.07, 6.45) is 2.21. The van der Waals surface area contributed by atoms with Crippen LogP contribution in [0.15, 0.2) is 24.3 Å². The summed E-state index contributed by atoms with van der Waals surface area (Å²) in [7, 11) is 3.74. The summed E-state index contributed by atoms with van der Waals surface area (Å²) in [5.41, 5.74) is 7.19. The first-order chi connectivity index (χ1) is 7.67. The Bertz CT molecular complexity index is 297. The molecule has 0 aromatic heterocycles. The van der Waals surface area contributed by atoms with E-state index in [4.69, 9.17) is 10.5 Å². The Morgan fingerprint density at radius 3 is 2.44 bits per heavy atom. The third-order valence-electron chi connectivity index (χ3n) is 2.68. The topological polar surface area (TPSA) is 38.5 Å². The molecule has 0 aliphatic carbocycles. The number of methoxy groups -OCH3 is 1. The normalized spacial score (nSPS) is 12.2. The van der Waals surface area contributed by atoms with Crippen LogP contribution in [0.5, 0.6) is 5.75 Å². The zero-order valence-corrected chi connectivity index (χ0v) is 10.4. The van der Waals surface area contributed by atoms with Gasteiger partial charge in [0.1, 0.15) is 5.75 Å². The molecule has 16 heavy (non-hydrogen) atoms. The van der Waals surface area contributed by atoms with Crippen molar-refractivity contribution < 1.29 is 4.74 Å². The van der Waals surface area contributed by atoms with Gasteiger partial charge in [0, 0.05) is 25.3 Å². The highest BCUT2D eigenvalue weighted by atomic mass is 16.5. The maximum absolute atomic E-state index is 6.01. The van der Waals surface area contributed by atoms with Crippen LogP contribution < -0.4 is 15.4 Å². The summed E-state index contributed by atoms with van der Waals surface area (Å²) in [4.78, 5) is 2.18. The zero-order valence-electron chi connectivity index (χ0n) is 10.4. The van der Waals surface area contributed by atoms with Gasteiger partial charge in [0.25, 0.3) is 0 Å². The first kappa shape index (κ1) is 12.8. The number of nitrogens with zero attached hydrogens (tertiary/aromatic N) is 1. The number of hydrogen-bond donors (Lipinski definition) is 1. The van der Waals surface area contributed by atoms with Crippen molar-refractivity contribution in [2.24, 2.45) is 5.73 Å². The SMILES string of the molecule is CCCC(N)CN(C)c1ccc(OC)cc1. The molecule has 1 unspecified atom stereocenters. The quantitative estimate of drug-likeness (QED) is 0.802. The molecule has 3 heteroatoms. The average molecular weight is 222 g/mol. The average Bonchev–Trinajstić information content (AvgIpc) is 2.29. The van der Waals surface area contributed by atoms with Crippen molar-refractivity contribution in [3.63, 3.8) is 0 Å². The van der Waals surface area contributed by atoms with Gasteiger partial charge in [-0.05, 0) is 30.7 Å². The van der Waals surface area contributed by atoms with Crippen molar-refractivity contribution in [1.82, 2.24) is 0 Å². The summed E-state index contributed by atoms with van der Waals surface area (Å²) in [5.74, 6) is 0.884. The van der Waals surface area contributed by atoms with Gasteiger partial charge in [0.05, 0.1) is 7.11 Å². The minimum absolute atomic E-state index is 0.247. The minimum Gasteiger partial charge on any atom is -0.497 e. The van der Waals surface area contributed by atoms with Crippen LogP contribution in [-0.2, 0) is 0 Å². The minimum atomic E-state index is 0.247. The van der Waals surface area contributed by atoms with Crippen LogP contribution in [0.2, 0.25) is 0 Å². The Morgan fingerprint density at radius 2 is 1.94 bits per heavy atom. The molecule has 0 spiro atoms. The molecular formula is C13H22N2O. The van der Waals surface area contributed by atoms with Gasteiger partial charge in [-0.25, -0.2) is 0 Å². The van der Waals surface area contributed by atoms with Crippen LogP contribution in [-0.4, -0.2) is 26.7 Å². The number of benzene rings is 1. The third-order valence-corrected chi connectivity index (χ3v) is 2.68. The Morgan fingerprint density at radius 1 is 1.31 bits per heavy atom. The summed E-state index contributed by atoms with van der Waals surface area (Å²) in [6, 6.07) is 8.29. The Balaban J connectivity index is 2.55. The molecule has 0 fully saturated rings. The van der Waals surface area contributed by atoms with Crippen molar-refractivity contribution in [3.8, 4) is 5.75 Å². The number of rotatable bonds is 6. The van der Waals surface area contributed by atoms with Crippen LogP contribution in [0.25, 0.3) is 0 Å². The highest BCUT2D eigenvalue weighted by Gasteiger charge is 2.06. The Kier molecular flexibility index (Phi) is 5.12. The summed E-state index contributed by atoms with van der Waals surface area (Å²) < 4.78 is 5.13. The molecule has 0 heterocycles. The first-order valence-corrected chi connectivity index (χ1v) is 5.78. The summed E-state index contributed by atoms with van der Waals surface area (Å²) in [6.45, 7) is 3.05. The van der Waals surface area contributed by atoms with Gasteiger partial charge in [-0.15, -0.1) is 0 Å². The van der Waals surface area contributed by atoms with Crippen molar-refractivity contribution in [2.75, 3.05) is 25.6 Å². The predicted octanol–water partition coefficient (Wildman–Crippen LogP) is 2.26. The van der Waals surface area contributed by atoms with Gasteiger partial charge in [0.15, 0.2) is 0 Å². The van der Waals surface area contributed by atoms with Crippen LogP contribution in [0.1, 0.15) is 19.8 Å². The number of anilines is 1. The summed E-state index contributed by atoms with van der Waals surface area (Å²) in [5, 5.41) is 0. The fourth-order valence-electron chi connectivity index (χ4n) is 1.76. The van der Waals surface area contributed by atoms with E-state index in [1.165, 1.54) is 5.69 Å². The van der Waals surface area contributed by atoms with E-state index in [1.807, 2.05) is 12.1 Å². The standard InChI is InChI=1S/C13H22N2O/c1-4-5-11(14)10-15(2)12-6-8-13(16-3)9-7-12/h6-9,11H,4-5,10,14H2,1-3H3. The Labute approximate surface area is 98.2 Å². The van der Waals surface area contributed by atoms with E-state index in [9.17, 15) is 0 Å². The smallest absolute Gasteiger partial charge is 0.119 e. The fourth-order valence-corrected chi connectivity index (χ4v) is 1.76. The van der Waals surface area contributed by atoms with Crippen molar-refractivity contribution in [1.29, 1.82) is 0 Å². The second-order valence-electron chi connectivity index (χ2n) is 4.13. The molecule has 1 aromatic carbocycles. The molecule has 1 rings (SSSR count). The molecule has 0 radical (unpaired) electrons. The summed E-state index contributed by atoms with van der Waals surface area (Å²) >= 11 is 0. The number of nitrogens with two attached hydrogens (primary N) is 1. The van der Waals surface area contributed by atoms with E-state index < -0.39 is 0 Å². The van der Waals surface area contributed by atoms with E-state index in [1.54, 1.807) is 7.11 Å². The van der Waals surface area contributed by atoms with E-state index in [2.05, 4.69) is 31.0 Å². The molecule has 0 amide bonds. The van der Waals surface area contributed by atoms with E-state index in [0.29, 0.717) is 0 Å². The maximum Gasteiger partial charge on any atom is 0.119 e. The number of likely N-dealkylation sites (N-methyl/N-ethyl adjacent to an activating group) is 1. The van der Waals surface area contributed by atoms with Crippen molar-refractivity contribution in [2.45, 2.75) is 25.8 Å². The zero-order chi connectivity index (χ0) is 12.0. The monoisotopic (exact) mass is 222 g/mol. The van der Waals surface area contributed by atoms with E-state index in [-0.39, 0.29) is 6.04 Å². The maximum atomic E-state index is 6.01. The van der Waals surface area contributed by atoms with Crippen LogP contribution >= 0.6 is 0 Å². The molecule has 0 aliphatic heterocycles. The Hall–Kier alpha value is -1.22. The van der Waals surface area contributed by atoms with E-state index >= 15 is 0 Å². The van der Waals surface area contributed by atoms with Crippen LogP contribution in [0, 0.1) is 0 Å². The molecule has 0 aliphatic rings. The molecule has 3 nitrogen and oxygen atoms in total. The van der Waals surface area contributed by atoms with Gasteiger partial charge in [-0.2, -0.15) is 0 Å². The van der Waals surface area contributed by atoms with Gasteiger partial charge in [0.2, 0.25) is 0 Å². The lowest BCUT2D eigenvalue weighted by Crippen LogP contribution is -2.35. The molecule has 0 saturated heterocycles. The number of ether oxygens (including phenoxy) is 1. The van der Waals surface area contributed by atoms with E-state index in [0.717, 1.165) is 25.1 Å². The van der Waals surface area contributed by atoms with Gasteiger partial charge >= 0.3 is 0 Å². The second kappa shape index (κ2) is 6.38. The lowest BCUT2D eigenvalue weighted by molar-refractivity contribution is 0.415. The predicted molar refractivity (Wildman–Crippen MR) is 69.1 cm³/mol. The highest BCUT2D eigenvalue weighted by molar-refractivity contribution is 5.48. The second-order valence-corrected chi connectivity index (χ2v) is 4.13. The fraction of sp³-hybridized carbons (Fsp3) is 0.538. The lowest BCUT2D eigenvalue weighted by Gasteiger charge is -2.23. The largest absolute Gasteiger partial charge is 0.497 e. The molecule has 1 atom stereocenters. The molecule has 1 aromatic rings. The first-order valence-electron chi connectivity index (χ1n) is 5.78. The molecule has 0 saturated carbocycles. The lowest BCUT2D eigenvalue weighted by atomic mass is 10.1. The van der Waals surface area contributed by atoms with Crippen molar-refractivity contribution >= 4 is 5.69 Å². The van der Waals surface area contributed by atoms with Gasteiger partial charge < -0.3 is 15.4 Å². The molecule has 90 valence electrons. The number of hydrogen-bond acceptors (Lipinski definition) is 3. The molecule has 2 N–H and O–H groups in total. The van der Waals surface area contributed by atoms with Gasteiger partial charge in [-0.1, -0.05) is 13.3 Å². The molecular weight excluding hydrogens is 200 g/mol. The van der Waals surface area contributed by atoms with Gasteiger partial charge in [-0.3, -0.25) is 0 Å². The molecule has 0 bridgehead atoms. The highest BCUT2D eigenvalue weighted by Crippen LogP contribution is 2.18. The third kappa shape index (κ3) is 3.74. The van der Waals surface area contributed by atoms with Crippen molar-refractivity contribution in [3.05, 3.63) is 24.3 Å².